The Morgan fingerprint density at radius 1 is 1.11 bits per heavy atom. The second kappa shape index (κ2) is 12.1. The van der Waals surface area contributed by atoms with Gasteiger partial charge in [-0.15, -0.1) is 0 Å². The molecule has 1 aromatic carbocycles. The molecule has 2 fully saturated rings. The third kappa shape index (κ3) is 7.93. The first-order chi connectivity index (χ1) is 16.9. The number of primary amides is 1. The van der Waals surface area contributed by atoms with Crippen molar-refractivity contribution in [3.8, 4) is 0 Å². The zero-order valence-corrected chi connectivity index (χ0v) is 22.0. The van der Waals surface area contributed by atoms with Crippen LogP contribution >= 0.6 is 0 Å². The number of piperazine rings is 1. The number of carbonyl (C=O) groups excluding carboxylic acids is 3. The molecule has 2 heterocycles. The molecule has 2 aliphatic heterocycles. The van der Waals surface area contributed by atoms with E-state index >= 15 is 0 Å². The van der Waals surface area contributed by atoms with Gasteiger partial charge in [0.25, 0.3) is 0 Å². The number of hydrogen-bond acceptors (Lipinski definition) is 6. The number of anilines is 1. The third-order valence-corrected chi connectivity index (χ3v) is 7.20. The predicted octanol–water partition coefficient (Wildman–Crippen LogP) is 1.27. The minimum atomic E-state index is -0.828. The lowest BCUT2D eigenvalue weighted by Gasteiger charge is -2.38. The molecule has 1 aromatic rings. The maximum atomic E-state index is 12.6. The standard InChI is InChI=1S/C27H44N6O3/c1-27(2,3)16-19(28)5-4-6-22(29)26(36)31-23(25(30)35)15-18-7-9-20(10-8-18)32-13-14-33-21(17-32)11-12-24(33)34/h7-10,19,21-23H,4-6,11-17,28-29H2,1-3H3,(H2,30,35)(H,31,36)/t19-,21?,22-,23?/m0/s1. The van der Waals surface area contributed by atoms with Crippen molar-refractivity contribution >= 4 is 23.4 Å². The molecule has 200 valence electrons. The van der Waals surface area contributed by atoms with Gasteiger partial charge in [0.2, 0.25) is 17.7 Å². The molecule has 0 aliphatic carbocycles. The molecule has 2 unspecified atom stereocenters. The van der Waals surface area contributed by atoms with Crippen LogP contribution in [-0.4, -0.2) is 66.4 Å². The SMILES string of the molecule is CC(C)(C)C[C@@H](N)CCC[C@H](N)C(=O)NC(Cc1ccc(N2CCN3C(=O)CCC3C2)cc1)C(N)=O. The van der Waals surface area contributed by atoms with Crippen LogP contribution < -0.4 is 27.4 Å². The summed E-state index contributed by atoms with van der Waals surface area (Å²) in [6.07, 6.45) is 4.83. The number of nitrogens with zero attached hydrogens (tertiary/aromatic N) is 2. The average Bonchev–Trinajstić information content (AvgIpc) is 3.17. The van der Waals surface area contributed by atoms with Gasteiger partial charge >= 0.3 is 0 Å². The van der Waals surface area contributed by atoms with E-state index in [1.807, 2.05) is 29.2 Å². The van der Waals surface area contributed by atoms with Crippen LogP contribution in [-0.2, 0) is 20.8 Å². The van der Waals surface area contributed by atoms with E-state index in [2.05, 4.69) is 31.0 Å². The van der Waals surface area contributed by atoms with E-state index < -0.39 is 18.0 Å². The van der Waals surface area contributed by atoms with Crippen molar-refractivity contribution in [2.75, 3.05) is 24.5 Å². The molecule has 0 saturated carbocycles. The van der Waals surface area contributed by atoms with Gasteiger partial charge in [-0.25, -0.2) is 0 Å². The number of nitrogens with two attached hydrogens (primary N) is 3. The summed E-state index contributed by atoms with van der Waals surface area (Å²) in [5.41, 5.74) is 20.0. The van der Waals surface area contributed by atoms with E-state index in [1.54, 1.807) is 0 Å². The van der Waals surface area contributed by atoms with E-state index in [4.69, 9.17) is 17.2 Å². The van der Waals surface area contributed by atoms with Gasteiger partial charge in [-0.3, -0.25) is 14.4 Å². The summed E-state index contributed by atoms with van der Waals surface area (Å²) in [5.74, 6) is -0.698. The molecule has 3 rings (SSSR count). The van der Waals surface area contributed by atoms with Crippen molar-refractivity contribution in [1.82, 2.24) is 10.2 Å². The third-order valence-electron chi connectivity index (χ3n) is 7.20. The maximum absolute atomic E-state index is 12.6. The Morgan fingerprint density at radius 2 is 1.81 bits per heavy atom. The lowest BCUT2D eigenvalue weighted by Crippen LogP contribution is -2.51. The quantitative estimate of drug-likeness (QED) is 0.360. The van der Waals surface area contributed by atoms with E-state index in [0.29, 0.717) is 25.3 Å². The van der Waals surface area contributed by atoms with Crippen LogP contribution in [0.3, 0.4) is 0 Å². The van der Waals surface area contributed by atoms with Crippen molar-refractivity contribution in [2.24, 2.45) is 22.6 Å². The summed E-state index contributed by atoms with van der Waals surface area (Å²) in [6, 6.07) is 6.79. The Balaban J connectivity index is 1.48. The van der Waals surface area contributed by atoms with E-state index in [1.165, 1.54) is 0 Å². The largest absolute Gasteiger partial charge is 0.368 e. The molecule has 0 radical (unpaired) electrons. The highest BCUT2D eigenvalue weighted by Crippen LogP contribution is 2.27. The molecule has 7 N–H and O–H groups in total. The van der Waals surface area contributed by atoms with Gasteiger partial charge in [-0.1, -0.05) is 32.9 Å². The van der Waals surface area contributed by atoms with Gasteiger partial charge in [-0.2, -0.15) is 0 Å². The van der Waals surface area contributed by atoms with Crippen LogP contribution in [0.5, 0.6) is 0 Å². The summed E-state index contributed by atoms with van der Waals surface area (Å²) in [5, 5.41) is 2.73. The summed E-state index contributed by atoms with van der Waals surface area (Å²) in [7, 11) is 0. The Morgan fingerprint density at radius 3 is 2.44 bits per heavy atom. The van der Waals surface area contributed by atoms with Crippen LogP contribution in [0.4, 0.5) is 5.69 Å². The molecule has 36 heavy (non-hydrogen) atoms. The first-order valence-corrected chi connectivity index (χ1v) is 13.2. The lowest BCUT2D eigenvalue weighted by atomic mass is 9.86. The molecule has 0 aromatic heterocycles. The first-order valence-electron chi connectivity index (χ1n) is 13.2. The number of benzene rings is 1. The second-order valence-electron chi connectivity index (χ2n) is 11.6. The first kappa shape index (κ1) is 27.9. The molecule has 4 atom stereocenters. The predicted molar refractivity (Wildman–Crippen MR) is 142 cm³/mol. The summed E-state index contributed by atoms with van der Waals surface area (Å²) < 4.78 is 0. The Hall–Kier alpha value is -2.65. The van der Waals surface area contributed by atoms with Crippen molar-refractivity contribution in [3.63, 3.8) is 0 Å². The fourth-order valence-electron chi connectivity index (χ4n) is 5.30. The zero-order valence-electron chi connectivity index (χ0n) is 22.0. The number of hydrogen-bond donors (Lipinski definition) is 4. The number of fused-ring (bicyclic) bond motifs is 1. The molecular formula is C27H44N6O3. The Labute approximate surface area is 215 Å². The van der Waals surface area contributed by atoms with Crippen molar-refractivity contribution in [3.05, 3.63) is 29.8 Å². The number of carbonyl (C=O) groups is 3. The van der Waals surface area contributed by atoms with Crippen molar-refractivity contribution in [1.29, 1.82) is 0 Å². The number of rotatable bonds is 11. The van der Waals surface area contributed by atoms with Crippen LogP contribution in [0, 0.1) is 5.41 Å². The lowest BCUT2D eigenvalue weighted by molar-refractivity contribution is -0.129. The van der Waals surface area contributed by atoms with Gasteiger partial charge in [0.15, 0.2) is 0 Å². The fraction of sp³-hybridized carbons (Fsp3) is 0.667. The number of amides is 3. The van der Waals surface area contributed by atoms with E-state index in [9.17, 15) is 14.4 Å². The van der Waals surface area contributed by atoms with Crippen LogP contribution in [0.2, 0.25) is 0 Å². The molecule has 0 bridgehead atoms. The molecule has 2 aliphatic rings. The summed E-state index contributed by atoms with van der Waals surface area (Å²) >= 11 is 0. The summed E-state index contributed by atoms with van der Waals surface area (Å²) in [6.45, 7) is 8.87. The summed E-state index contributed by atoms with van der Waals surface area (Å²) in [4.78, 5) is 40.9. The van der Waals surface area contributed by atoms with E-state index in [-0.39, 0.29) is 23.3 Å². The molecule has 0 spiro atoms. The van der Waals surface area contributed by atoms with Crippen molar-refractivity contribution < 1.29 is 14.4 Å². The minimum Gasteiger partial charge on any atom is -0.368 e. The second-order valence-corrected chi connectivity index (χ2v) is 11.6. The molecule has 3 amide bonds. The van der Waals surface area contributed by atoms with Gasteiger partial charge in [0.1, 0.15) is 6.04 Å². The fourth-order valence-corrected chi connectivity index (χ4v) is 5.30. The molecular weight excluding hydrogens is 456 g/mol. The monoisotopic (exact) mass is 500 g/mol. The smallest absolute Gasteiger partial charge is 0.240 e. The number of nitrogens with one attached hydrogen (secondary N) is 1. The van der Waals surface area contributed by atoms with Gasteiger partial charge in [0.05, 0.1) is 6.04 Å². The minimum absolute atomic E-state index is 0.0751. The van der Waals surface area contributed by atoms with Crippen LogP contribution in [0.15, 0.2) is 24.3 Å². The van der Waals surface area contributed by atoms with Crippen LogP contribution in [0.25, 0.3) is 0 Å². The Bertz CT molecular complexity index is 913. The molecule has 9 heteroatoms. The van der Waals surface area contributed by atoms with Crippen molar-refractivity contribution in [2.45, 2.75) is 89.9 Å². The van der Waals surface area contributed by atoms with Gasteiger partial charge < -0.3 is 32.3 Å². The van der Waals surface area contributed by atoms with Crippen LogP contribution in [0.1, 0.15) is 64.9 Å². The molecule has 2 saturated heterocycles. The highest BCUT2D eigenvalue weighted by molar-refractivity contribution is 5.89. The highest BCUT2D eigenvalue weighted by atomic mass is 16.2. The van der Waals surface area contributed by atoms with E-state index in [0.717, 1.165) is 56.6 Å². The highest BCUT2D eigenvalue weighted by Gasteiger charge is 2.35. The normalized spacial score (nSPS) is 20.6. The maximum Gasteiger partial charge on any atom is 0.240 e. The zero-order chi connectivity index (χ0) is 26.5. The topological polar surface area (TPSA) is 148 Å². The average molecular weight is 501 g/mol. The Kier molecular flexibility index (Phi) is 9.35. The molecule has 9 nitrogen and oxygen atoms in total. The van der Waals surface area contributed by atoms with Gasteiger partial charge in [0, 0.05) is 50.2 Å². The van der Waals surface area contributed by atoms with Gasteiger partial charge in [-0.05, 0) is 55.2 Å².